The maximum absolute atomic E-state index is 12.1. The number of nitrogens with zero attached hydrogens (tertiary/aromatic N) is 1. The molecule has 0 spiro atoms. The number of methoxy groups -OCH3 is 1. The van der Waals surface area contributed by atoms with Crippen LogP contribution in [-0.2, 0) is 0 Å². The van der Waals surface area contributed by atoms with Crippen molar-refractivity contribution in [3.05, 3.63) is 71.0 Å². The zero-order valence-corrected chi connectivity index (χ0v) is 11.0. The Kier molecular flexibility index (Phi) is 3.13. The normalized spacial score (nSPS) is 10.4. The van der Waals surface area contributed by atoms with Gasteiger partial charge in [-0.2, -0.15) is 0 Å². The number of para-hydroxylation sites is 1. The first kappa shape index (κ1) is 12.3. The summed E-state index contributed by atoms with van der Waals surface area (Å²) in [5.41, 5.74) is 2.40. The SMILES string of the molecule is COc1cccc(-c2cc(=O)n(-c3ccccc3)[nH]2)c1. The van der Waals surface area contributed by atoms with Crippen LogP contribution in [0.3, 0.4) is 0 Å². The number of nitrogens with one attached hydrogen (secondary N) is 1. The van der Waals surface area contributed by atoms with E-state index < -0.39 is 0 Å². The second-order valence-corrected chi connectivity index (χ2v) is 4.41. The molecule has 0 radical (unpaired) electrons. The second-order valence-electron chi connectivity index (χ2n) is 4.41. The number of ether oxygens (including phenoxy) is 1. The van der Waals surface area contributed by atoms with Gasteiger partial charge in [0, 0.05) is 11.6 Å². The van der Waals surface area contributed by atoms with Crippen LogP contribution in [0.15, 0.2) is 65.5 Å². The van der Waals surface area contributed by atoms with E-state index in [1.54, 1.807) is 13.2 Å². The molecule has 0 aliphatic carbocycles. The van der Waals surface area contributed by atoms with E-state index in [0.717, 1.165) is 22.7 Å². The van der Waals surface area contributed by atoms with Gasteiger partial charge in [-0.1, -0.05) is 30.3 Å². The maximum Gasteiger partial charge on any atom is 0.271 e. The highest BCUT2D eigenvalue weighted by Crippen LogP contribution is 2.21. The Hall–Kier alpha value is -2.75. The van der Waals surface area contributed by atoms with Gasteiger partial charge < -0.3 is 4.74 Å². The molecule has 0 fully saturated rings. The molecule has 2 aromatic carbocycles. The quantitative estimate of drug-likeness (QED) is 0.792. The highest BCUT2D eigenvalue weighted by atomic mass is 16.5. The molecule has 0 bridgehead atoms. The number of benzene rings is 2. The molecule has 0 saturated carbocycles. The number of aromatic nitrogens is 2. The molecule has 4 heteroatoms. The zero-order chi connectivity index (χ0) is 13.9. The van der Waals surface area contributed by atoms with Crippen LogP contribution in [0.1, 0.15) is 0 Å². The summed E-state index contributed by atoms with van der Waals surface area (Å²) in [5.74, 6) is 0.760. The highest BCUT2D eigenvalue weighted by Gasteiger charge is 2.07. The van der Waals surface area contributed by atoms with Crippen LogP contribution in [0.5, 0.6) is 5.75 Å². The number of H-pyrrole nitrogens is 1. The van der Waals surface area contributed by atoms with E-state index in [1.807, 2.05) is 54.6 Å². The first-order valence-electron chi connectivity index (χ1n) is 6.30. The van der Waals surface area contributed by atoms with Gasteiger partial charge in [0.25, 0.3) is 5.56 Å². The van der Waals surface area contributed by atoms with E-state index in [1.165, 1.54) is 4.68 Å². The van der Waals surface area contributed by atoms with Crippen LogP contribution in [-0.4, -0.2) is 16.9 Å². The third kappa shape index (κ3) is 2.23. The number of hydrogen-bond acceptors (Lipinski definition) is 2. The Morgan fingerprint density at radius 3 is 2.55 bits per heavy atom. The van der Waals surface area contributed by atoms with Crippen LogP contribution in [0.25, 0.3) is 16.9 Å². The Balaban J connectivity index is 2.07. The minimum atomic E-state index is -0.0889. The summed E-state index contributed by atoms with van der Waals surface area (Å²) in [6.45, 7) is 0. The average molecular weight is 266 g/mol. The third-order valence-corrected chi connectivity index (χ3v) is 3.12. The lowest BCUT2D eigenvalue weighted by Crippen LogP contribution is -2.12. The summed E-state index contributed by atoms with van der Waals surface area (Å²) in [6.07, 6.45) is 0. The van der Waals surface area contributed by atoms with E-state index in [2.05, 4.69) is 5.10 Å². The Bertz CT molecular complexity index is 772. The van der Waals surface area contributed by atoms with Crippen LogP contribution in [0.2, 0.25) is 0 Å². The molecule has 3 aromatic rings. The molecular formula is C16H14N2O2. The van der Waals surface area contributed by atoms with Gasteiger partial charge >= 0.3 is 0 Å². The molecule has 0 aliphatic rings. The van der Waals surface area contributed by atoms with Crippen molar-refractivity contribution >= 4 is 0 Å². The Morgan fingerprint density at radius 1 is 1.00 bits per heavy atom. The molecule has 1 aromatic heterocycles. The highest BCUT2D eigenvalue weighted by molar-refractivity contribution is 5.61. The molecule has 0 aliphatic heterocycles. The molecule has 0 saturated heterocycles. The summed E-state index contributed by atoms with van der Waals surface area (Å²) in [6, 6.07) is 18.6. The van der Waals surface area contributed by atoms with E-state index in [-0.39, 0.29) is 5.56 Å². The minimum absolute atomic E-state index is 0.0889. The fourth-order valence-electron chi connectivity index (χ4n) is 2.10. The van der Waals surface area contributed by atoms with Gasteiger partial charge in [-0.05, 0) is 24.3 Å². The van der Waals surface area contributed by atoms with Gasteiger partial charge in [-0.3, -0.25) is 9.89 Å². The van der Waals surface area contributed by atoms with Crippen LogP contribution < -0.4 is 10.3 Å². The average Bonchev–Trinajstić information content (AvgIpc) is 2.90. The summed E-state index contributed by atoms with van der Waals surface area (Å²) >= 11 is 0. The first-order chi connectivity index (χ1) is 9.78. The van der Waals surface area contributed by atoms with Gasteiger partial charge in [-0.25, -0.2) is 4.68 Å². The minimum Gasteiger partial charge on any atom is -0.497 e. The zero-order valence-electron chi connectivity index (χ0n) is 11.0. The van der Waals surface area contributed by atoms with E-state index in [9.17, 15) is 4.79 Å². The lowest BCUT2D eigenvalue weighted by molar-refractivity contribution is 0.415. The van der Waals surface area contributed by atoms with Gasteiger partial charge in [0.15, 0.2) is 0 Å². The molecule has 1 N–H and O–H groups in total. The van der Waals surface area contributed by atoms with Crippen molar-refractivity contribution in [1.29, 1.82) is 0 Å². The predicted molar refractivity (Wildman–Crippen MR) is 78.4 cm³/mol. The standard InChI is InChI=1S/C16H14N2O2/c1-20-14-9-5-6-12(10-14)15-11-16(19)18(17-15)13-7-3-2-4-8-13/h2-11,17H,1H3. The molecular weight excluding hydrogens is 252 g/mol. The monoisotopic (exact) mass is 266 g/mol. The largest absolute Gasteiger partial charge is 0.497 e. The molecule has 4 nitrogen and oxygen atoms in total. The fraction of sp³-hybridized carbons (Fsp3) is 0.0625. The van der Waals surface area contributed by atoms with Crippen LogP contribution in [0, 0.1) is 0 Å². The first-order valence-corrected chi connectivity index (χ1v) is 6.30. The van der Waals surface area contributed by atoms with Crippen molar-refractivity contribution < 1.29 is 4.74 Å². The van der Waals surface area contributed by atoms with Crippen molar-refractivity contribution in [2.24, 2.45) is 0 Å². The lowest BCUT2D eigenvalue weighted by Gasteiger charge is -2.03. The topological polar surface area (TPSA) is 47.0 Å². The Morgan fingerprint density at radius 2 is 1.80 bits per heavy atom. The molecule has 0 amide bonds. The van der Waals surface area contributed by atoms with Crippen molar-refractivity contribution in [3.63, 3.8) is 0 Å². The summed E-state index contributed by atoms with van der Waals surface area (Å²) in [4.78, 5) is 12.1. The van der Waals surface area contributed by atoms with Crippen LogP contribution >= 0.6 is 0 Å². The summed E-state index contributed by atoms with van der Waals surface area (Å²) < 4.78 is 6.72. The number of aromatic amines is 1. The Labute approximate surface area is 116 Å². The van der Waals surface area contributed by atoms with Crippen molar-refractivity contribution in [1.82, 2.24) is 9.78 Å². The molecule has 0 unspecified atom stereocenters. The molecule has 100 valence electrons. The summed E-state index contributed by atoms with van der Waals surface area (Å²) in [5, 5.41) is 3.11. The van der Waals surface area contributed by atoms with E-state index >= 15 is 0 Å². The molecule has 3 rings (SSSR count). The molecule has 0 atom stereocenters. The van der Waals surface area contributed by atoms with E-state index in [4.69, 9.17) is 4.74 Å². The number of rotatable bonds is 3. The van der Waals surface area contributed by atoms with Crippen molar-refractivity contribution in [2.75, 3.05) is 7.11 Å². The molecule has 1 heterocycles. The van der Waals surface area contributed by atoms with Crippen molar-refractivity contribution in [2.45, 2.75) is 0 Å². The van der Waals surface area contributed by atoms with Gasteiger partial charge in [0.1, 0.15) is 5.75 Å². The smallest absolute Gasteiger partial charge is 0.271 e. The summed E-state index contributed by atoms with van der Waals surface area (Å²) in [7, 11) is 1.62. The van der Waals surface area contributed by atoms with Gasteiger partial charge in [-0.15, -0.1) is 0 Å². The van der Waals surface area contributed by atoms with Gasteiger partial charge in [0.05, 0.1) is 18.5 Å². The van der Waals surface area contributed by atoms with Crippen LogP contribution in [0.4, 0.5) is 0 Å². The molecule has 20 heavy (non-hydrogen) atoms. The van der Waals surface area contributed by atoms with Crippen molar-refractivity contribution in [3.8, 4) is 22.7 Å². The van der Waals surface area contributed by atoms with Gasteiger partial charge in [0.2, 0.25) is 0 Å². The lowest BCUT2D eigenvalue weighted by atomic mass is 10.1. The maximum atomic E-state index is 12.1. The van der Waals surface area contributed by atoms with E-state index in [0.29, 0.717) is 0 Å². The third-order valence-electron chi connectivity index (χ3n) is 3.12. The second kappa shape index (κ2) is 5.09. The predicted octanol–water partition coefficient (Wildman–Crippen LogP) is 2.84. The fourth-order valence-corrected chi connectivity index (χ4v) is 2.10. The number of hydrogen-bond donors (Lipinski definition) is 1.